The van der Waals surface area contributed by atoms with Crippen LogP contribution in [0, 0.1) is 5.82 Å². The van der Waals surface area contributed by atoms with Crippen molar-refractivity contribution >= 4 is 29.3 Å². The lowest BCUT2D eigenvalue weighted by molar-refractivity contribution is -0.139. The Hall–Kier alpha value is -3.75. The quantitative estimate of drug-likeness (QED) is 0.472. The highest BCUT2D eigenvalue weighted by Gasteiger charge is 2.49. The second kappa shape index (κ2) is 10.1. The van der Waals surface area contributed by atoms with Crippen molar-refractivity contribution in [2.45, 2.75) is 39.2 Å². The van der Waals surface area contributed by atoms with E-state index in [1.165, 1.54) is 13.0 Å². The number of benzene rings is 2. The summed E-state index contributed by atoms with van der Waals surface area (Å²) in [7, 11) is 0. The molecule has 4 amide bonds. The number of imide groups is 1. The van der Waals surface area contributed by atoms with Crippen molar-refractivity contribution in [1.82, 2.24) is 15.1 Å². The smallest absolute Gasteiger partial charge is 0.325 e. The number of carbonyl (C=O) groups is 4. The number of amides is 4. The first-order chi connectivity index (χ1) is 17.1. The van der Waals surface area contributed by atoms with Gasteiger partial charge in [-0.25, -0.2) is 9.18 Å². The Kier molecular flexibility index (Phi) is 7.10. The number of hydrogen-bond acceptors (Lipinski definition) is 5. The minimum atomic E-state index is -1.23. The van der Waals surface area contributed by atoms with Gasteiger partial charge in [-0.05, 0) is 49.6 Å². The Morgan fingerprint density at radius 1 is 1.03 bits per heavy atom. The summed E-state index contributed by atoms with van der Waals surface area (Å²) in [6, 6.07) is 11.4. The van der Waals surface area contributed by atoms with Gasteiger partial charge in [-0.1, -0.05) is 37.6 Å². The monoisotopic (exact) mass is 494 g/mol. The highest BCUT2D eigenvalue weighted by molar-refractivity contribution is 6.09. The molecule has 190 valence electrons. The zero-order valence-electron chi connectivity index (χ0n) is 20.8. The number of aryl methyl sites for hydroxylation is 1. The van der Waals surface area contributed by atoms with Crippen LogP contribution in [0.2, 0.25) is 0 Å². The lowest BCUT2D eigenvalue weighted by Gasteiger charge is -2.36. The summed E-state index contributed by atoms with van der Waals surface area (Å²) in [5, 5.41) is 2.75. The summed E-state index contributed by atoms with van der Waals surface area (Å²) in [4.78, 5) is 54.7. The second-order valence-corrected chi connectivity index (χ2v) is 9.48. The Morgan fingerprint density at radius 2 is 1.69 bits per heavy atom. The Bertz CT molecular complexity index is 1190. The fraction of sp³-hybridized carbons (Fsp3) is 0.407. The molecule has 2 aliphatic rings. The number of carbonyl (C=O) groups excluding carboxylic acids is 4. The van der Waals surface area contributed by atoms with Gasteiger partial charge in [0.2, 0.25) is 5.91 Å². The van der Waals surface area contributed by atoms with E-state index in [0.29, 0.717) is 43.0 Å². The second-order valence-electron chi connectivity index (χ2n) is 9.48. The van der Waals surface area contributed by atoms with Gasteiger partial charge >= 0.3 is 6.03 Å². The van der Waals surface area contributed by atoms with Gasteiger partial charge in [0.1, 0.15) is 17.9 Å². The molecule has 36 heavy (non-hydrogen) atoms. The number of rotatable bonds is 7. The maximum Gasteiger partial charge on any atom is 0.325 e. The molecule has 0 spiro atoms. The zero-order chi connectivity index (χ0) is 26.0. The number of anilines is 1. The highest BCUT2D eigenvalue weighted by Crippen LogP contribution is 2.29. The largest absolute Gasteiger partial charge is 0.366 e. The SMILES string of the molecule is CCCc1ccc([C@]2(C)NC(=O)N(CC(=O)N3CCN(c4ccc(C(C)=O)cc4F)CC3)C2=O)cc1. The number of ketones is 1. The van der Waals surface area contributed by atoms with Gasteiger partial charge in [0, 0.05) is 31.7 Å². The molecule has 0 aliphatic carbocycles. The minimum absolute atomic E-state index is 0.207. The number of Topliss-reactive ketones (excluding diaryl/α,β-unsaturated/α-hetero) is 1. The van der Waals surface area contributed by atoms with Gasteiger partial charge < -0.3 is 15.1 Å². The predicted octanol–water partition coefficient (Wildman–Crippen LogP) is 3.10. The first-order valence-corrected chi connectivity index (χ1v) is 12.2. The van der Waals surface area contributed by atoms with Crippen LogP contribution in [0.15, 0.2) is 42.5 Å². The molecule has 2 fully saturated rings. The highest BCUT2D eigenvalue weighted by atomic mass is 19.1. The molecule has 2 heterocycles. The Balaban J connectivity index is 1.38. The van der Waals surface area contributed by atoms with Gasteiger partial charge in [-0.2, -0.15) is 0 Å². The molecular formula is C27H31FN4O4. The van der Waals surface area contributed by atoms with Crippen LogP contribution in [0.3, 0.4) is 0 Å². The summed E-state index contributed by atoms with van der Waals surface area (Å²) < 4.78 is 14.5. The number of urea groups is 1. The normalized spacial score (nSPS) is 20.1. The van der Waals surface area contributed by atoms with E-state index < -0.39 is 23.3 Å². The molecule has 4 rings (SSSR count). The molecule has 2 aromatic carbocycles. The number of piperazine rings is 1. The van der Waals surface area contributed by atoms with Crippen molar-refractivity contribution in [3.05, 3.63) is 65.0 Å². The number of nitrogens with zero attached hydrogens (tertiary/aromatic N) is 3. The van der Waals surface area contributed by atoms with Crippen molar-refractivity contribution < 1.29 is 23.6 Å². The third-order valence-electron chi connectivity index (χ3n) is 6.97. The van der Waals surface area contributed by atoms with Crippen LogP contribution in [-0.4, -0.2) is 66.2 Å². The van der Waals surface area contributed by atoms with Crippen molar-refractivity contribution in [3.8, 4) is 0 Å². The molecule has 1 N–H and O–H groups in total. The fourth-order valence-corrected chi connectivity index (χ4v) is 4.74. The van der Waals surface area contributed by atoms with Gasteiger partial charge in [-0.3, -0.25) is 19.3 Å². The zero-order valence-corrected chi connectivity index (χ0v) is 20.8. The van der Waals surface area contributed by atoms with Crippen LogP contribution >= 0.6 is 0 Å². The van der Waals surface area contributed by atoms with Crippen LogP contribution in [0.1, 0.15) is 48.7 Å². The van der Waals surface area contributed by atoms with Gasteiger partial charge in [0.25, 0.3) is 5.91 Å². The van der Waals surface area contributed by atoms with Gasteiger partial charge in [-0.15, -0.1) is 0 Å². The maximum absolute atomic E-state index is 14.5. The average Bonchev–Trinajstić information content (AvgIpc) is 3.08. The topological polar surface area (TPSA) is 90.0 Å². The van der Waals surface area contributed by atoms with E-state index in [2.05, 4.69) is 12.2 Å². The molecule has 0 aromatic heterocycles. The molecule has 0 radical (unpaired) electrons. The van der Waals surface area contributed by atoms with Crippen LogP contribution in [-0.2, 0) is 21.5 Å². The van der Waals surface area contributed by atoms with E-state index in [4.69, 9.17) is 0 Å². The van der Waals surface area contributed by atoms with E-state index in [9.17, 15) is 23.6 Å². The van der Waals surface area contributed by atoms with E-state index >= 15 is 0 Å². The summed E-state index contributed by atoms with van der Waals surface area (Å²) in [6.07, 6.45) is 1.94. The molecule has 8 nitrogen and oxygen atoms in total. The molecule has 0 saturated carbocycles. The molecule has 2 aromatic rings. The van der Waals surface area contributed by atoms with Crippen LogP contribution in [0.4, 0.5) is 14.9 Å². The summed E-state index contributed by atoms with van der Waals surface area (Å²) in [5.41, 5.74) is 1.28. The van der Waals surface area contributed by atoms with Crippen molar-refractivity contribution in [2.75, 3.05) is 37.6 Å². The van der Waals surface area contributed by atoms with Crippen molar-refractivity contribution in [2.24, 2.45) is 0 Å². The third-order valence-corrected chi connectivity index (χ3v) is 6.97. The standard InChI is InChI=1S/C27H31FN4O4/c1-4-5-19-6-9-21(10-7-19)27(3)25(35)32(26(36)29-27)17-24(34)31-14-12-30(13-15-31)23-11-8-20(18(2)33)16-22(23)28/h6-11,16H,4-5,12-15,17H2,1-3H3,(H,29,36)/t27-/m0/s1. The molecule has 2 saturated heterocycles. The van der Waals surface area contributed by atoms with Gasteiger partial charge in [0.15, 0.2) is 5.78 Å². The predicted molar refractivity (Wildman–Crippen MR) is 133 cm³/mol. The van der Waals surface area contributed by atoms with Crippen LogP contribution < -0.4 is 10.2 Å². The molecule has 1 atom stereocenters. The maximum atomic E-state index is 14.5. The first kappa shape index (κ1) is 25.3. The van der Waals surface area contributed by atoms with E-state index in [-0.39, 0.29) is 18.2 Å². The molecule has 0 bridgehead atoms. The first-order valence-electron chi connectivity index (χ1n) is 12.2. The molecule has 0 unspecified atom stereocenters. The van der Waals surface area contributed by atoms with E-state index in [0.717, 1.165) is 23.3 Å². The molecular weight excluding hydrogens is 463 g/mol. The third kappa shape index (κ3) is 4.82. The van der Waals surface area contributed by atoms with Crippen molar-refractivity contribution in [3.63, 3.8) is 0 Å². The Morgan fingerprint density at radius 3 is 2.28 bits per heavy atom. The summed E-state index contributed by atoms with van der Waals surface area (Å²) >= 11 is 0. The van der Waals surface area contributed by atoms with Crippen molar-refractivity contribution in [1.29, 1.82) is 0 Å². The summed E-state index contributed by atoms with van der Waals surface area (Å²) in [6.45, 7) is 6.21. The van der Waals surface area contributed by atoms with Crippen LogP contribution in [0.5, 0.6) is 0 Å². The molecule has 9 heteroatoms. The lowest BCUT2D eigenvalue weighted by Crippen LogP contribution is -2.52. The van der Waals surface area contributed by atoms with E-state index in [1.807, 2.05) is 29.2 Å². The number of hydrogen-bond donors (Lipinski definition) is 1. The van der Waals surface area contributed by atoms with Gasteiger partial charge in [0.05, 0.1) is 5.69 Å². The van der Waals surface area contributed by atoms with E-state index in [1.54, 1.807) is 24.0 Å². The molecule has 2 aliphatic heterocycles. The summed E-state index contributed by atoms with van der Waals surface area (Å²) in [5.74, 6) is -1.49. The fourth-order valence-electron chi connectivity index (χ4n) is 4.74. The number of nitrogens with one attached hydrogen (secondary N) is 1. The Labute approximate surface area is 210 Å². The lowest BCUT2D eigenvalue weighted by atomic mass is 9.91. The number of halogens is 1. The minimum Gasteiger partial charge on any atom is -0.366 e. The van der Waals surface area contributed by atoms with Crippen LogP contribution in [0.25, 0.3) is 0 Å². The average molecular weight is 495 g/mol.